The van der Waals surface area contributed by atoms with Crippen LogP contribution in [0.5, 0.6) is 0 Å². The number of hydrogen-bond acceptors (Lipinski definition) is 6. The van der Waals surface area contributed by atoms with Crippen molar-refractivity contribution in [2.24, 2.45) is 0 Å². The fourth-order valence-electron chi connectivity index (χ4n) is 8.00. The van der Waals surface area contributed by atoms with E-state index in [0.29, 0.717) is 0 Å². The lowest BCUT2D eigenvalue weighted by molar-refractivity contribution is 0.203. The first kappa shape index (κ1) is 28.6. The minimum absolute atomic E-state index is 0.105. The van der Waals surface area contributed by atoms with Gasteiger partial charge in [0.2, 0.25) is 0 Å². The van der Waals surface area contributed by atoms with Gasteiger partial charge in [-0.25, -0.2) is 0 Å². The molecule has 3 aromatic heterocycles. The fraction of sp³-hybridized carbons (Fsp3) is 0.0667. The van der Waals surface area contributed by atoms with Crippen molar-refractivity contribution in [1.29, 1.82) is 0 Å². The van der Waals surface area contributed by atoms with E-state index in [0.717, 1.165) is 93.6 Å². The van der Waals surface area contributed by atoms with Crippen molar-refractivity contribution in [3.8, 4) is 11.1 Å². The van der Waals surface area contributed by atoms with Gasteiger partial charge in [0, 0.05) is 37.9 Å². The molecule has 10 aromatic rings. The summed E-state index contributed by atoms with van der Waals surface area (Å²) in [5.74, 6) is 0. The van der Waals surface area contributed by atoms with Crippen molar-refractivity contribution < 1.29 is 13.3 Å². The molecule has 0 amide bonds. The minimum atomic E-state index is -0.173. The molecule has 3 N–H and O–H groups in total. The average molecular weight is 662 g/mol. The second-order valence-electron chi connectivity index (χ2n) is 13.4. The second-order valence-corrected chi connectivity index (χ2v) is 13.4. The van der Waals surface area contributed by atoms with E-state index in [2.05, 4.69) is 137 Å². The normalized spacial score (nSPS) is 18.2. The zero-order valence-electron chi connectivity index (χ0n) is 27.4. The standard InChI is InChI=1S/C45H31N3O3/c1-2-10-26(11-3-1)43-46-44(48-45(47-43)28-20-22-31-29-12-4-6-17-36(29)50-40(31)25-28)27-21-23-38-35(24-27)41-32(14-9-19-39(41)49-38)34-16-8-15-33-30-13-5-7-18-37(30)51-42(33)34/h1-25,43-48H. The Hall–Kier alpha value is -6.18. The van der Waals surface area contributed by atoms with Gasteiger partial charge in [0.05, 0.1) is 18.5 Å². The van der Waals surface area contributed by atoms with E-state index in [1.54, 1.807) is 0 Å². The molecule has 0 spiro atoms. The van der Waals surface area contributed by atoms with Gasteiger partial charge in [-0.2, -0.15) is 0 Å². The molecule has 0 aliphatic carbocycles. The van der Waals surface area contributed by atoms with Crippen LogP contribution in [0.15, 0.2) is 165 Å². The first-order chi connectivity index (χ1) is 25.2. The Kier molecular flexibility index (Phi) is 6.27. The van der Waals surface area contributed by atoms with Crippen LogP contribution in [0.25, 0.3) is 76.9 Å². The maximum absolute atomic E-state index is 6.48. The number of hydrogen-bond donors (Lipinski definition) is 3. The molecule has 3 unspecified atom stereocenters. The summed E-state index contributed by atoms with van der Waals surface area (Å²) < 4.78 is 19.3. The molecule has 3 atom stereocenters. The molecule has 1 saturated heterocycles. The zero-order chi connectivity index (χ0) is 33.5. The lowest BCUT2D eigenvalue weighted by Crippen LogP contribution is -2.54. The number of fused-ring (bicyclic) bond motifs is 9. The SMILES string of the molecule is c1ccc(C2NC(c3ccc4c(c3)oc3ccccc34)NC(c3ccc4oc5cccc(-c6cccc7c6oc6ccccc67)c5c4c3)N2)cc1. The number of benzene rings is 7. The first-order valence-corrected chi connectivity index (χ1v) is 17.4. The minimum Gasteiger partial charge on any atom is -0.456 e. The van der Waals surface area contributed by atoms with Crippen LogP contribution in [-0.4, -0.2) is 0 Å². The maximum Gasteiger partial charge on any atom is 0.143 e. The van der Waals surface area contributed by atoms with Gasteiger partial charge in [0.1, 0.15) is 33.5 Å². The molecular formula is C45H31N3O3. The van der Waals surface area contributed by atoms with Crippen molar-refractivity contribution in [2.45, 2.75) is 18.5 Å². The summed E-state index contributed by atoms with van der Waals surface area (Å²) in [6.07, 6.45) is -0.433. The number of rotatable bonds is 4. The van der Waals surface area contributed by atoms with E-state index in [9.17, 15) is 0 Å². The first-order valence-electron chi connectivity index (χ1n) is 17.4. The predicted molar refractivity (Wildman–Crippen MR) is 204 cm³/mol. The third-order valence-electron chi connectivity index (χ3n) is 10.4. The Morgan fingerprint density at radius 1 is 0.333 bits per heavy atom. The molecule has 1 fully saturated rings. The molecule has 6 nitrogen and oxygen atoms in total. The molecule has 7 aromatic carbocycles. The van der Waals surface area contributed by atoms with Crippen LogP contribution in [0.4, 0.5) is 0 Å². The highest BCUT2D eigenvalue weighted by atomic mass is 16.3. The largest absolute Gasteiger partial charge is 0.456 e. The monoisotopic (exact) mass is 661 g/mol. The summed E-state index contributed by atoms with van der Waals surface area (Å²) in [5.41, 5.74) is 10.7. The highest BCUT2D eigenvalue weighted by Gasteiger charge is 2.30. The van der Waals surface area contributed by atoms with Crippen LogP contribution in [0, 0.1) is 0 Å². The van der Waals surface area contributed by atoms with Crippen LogP contribution >= 0.6 is 0 Å². The summed E-state index contributed by atoms with van der Waals surface area (Å²) in [7, 11) is 0. The number of furan rings is 3. The Balaban J connectivity index is 1.04. The third-order valence-corrected chi connectivity index (χ3v) is 10.4. The van der Waals surface area contributed by atoms with Gasteiger partial charge >= 0.3 is 0 Å². The molecule has 4 heterocycles. The van der Waals surface area contributed by atoms with Gasteiger partial charge in [-0.1, -0.05) is 115 Å². The molecule has 51 heavy (non-hydrogen) atoms. The lowest BCUT2D eigenvalue weighted by Gasteiger charge is -2.39. The Labute approximate surface area is 292 Å². The Morgan fingerprint density at radius 2 is 0.882 bits per heavy atom. The predicted octanol–water partition coefficient (Wildman–Crippen LogP) is 11.2. The Bertz CT molecular complexity index is 2940. The molecule has 0 saturated carbocycles. The highest BCUT2D eigenvalue weighted by molar-refractivity contribution is 6.17. The van der Waals surface area contributed by atoms with Crippen LogP contribution in [0.3, 0.4) is 0 Å². The molecule has 11 rings (SSSR count). The van der Waals surface area contributed by atoms with Gasteiger partial charge in [-0.3, -0.25) is 16.0 Å². The average Bonchev–Trinajstić information content (AvgIpc) is 3.88. The zero-order valence-corrected chi connectivity index (χ0v) is 27.4. The van der Waals surface area contributed by atoms with Crippen molar-refractivity contribution in [2.75, 3.05) is 0 Å². The summed E-state index contributed by atoms with van der Waals surface area (Å²) in [5, 5.41) is 18.1. The van der Waals surface area contributed by atoms with E-state index in [4.69, 9.17) is 13.3 Å². The van der Waals surface area contributed by atoms with E-state index in [1.165, 1.54) is 0 Å². The highest BCUT2D eigenvalue weighted by Crippen LogP contribution is 2.42. The van der Waals surface area contributed by atoms with Crippen molar-refractivity contribution >= 4 is 65.8 Å². The van der Waals surface area contributed by atoms with Crippen molar-refractivity contribution in [3.05, 3.63) is 168 Å². The van der Waals surface area contributed by atoms with Gasteiger partial charge < -0.3 is 13.3 Å². The molecular weight excluding hydrogens is 631 g/mol. The summed E-state index contributed by atoms with van der Waals surface area (Å²) in [6.45, 7) is 0. The van der Waals surface area contributed by atoms with E-state index in [1.807, 2.05) is 30.3 Å². The molecule has 1 aliphatic heterocycles. The molecule has 0 bridgehead atoms. The molecule has 244 valence electrons. The number of para-hydroxylation sites is 3. The van der Waals surface area contributed by atoms with E-state index >= 15 is 0 Å². The summed E-state index contributed by atoms with van der Waals surface area (Å²) in [4.78, 5) is 0. The quantitative estimate of drug-likeness (QED) is 0.174. The topological polar surface area (TPSA) is 75.5 Å². The fourth-order valence-corrected chi connectivity index (χ4v) is 8.00. The van der Waals surface area contributed by atoms with E-state index in [-0.39, 0.29) is 18.5 Å². The van der Waals surface area contributed by atoms with Crippen LogP contribution < -0.4 is 16.0 Å². The van der Waals surface area contributed by atoms with Gasteiger partial charge in [0.15, 0.2) is 0 Å². The van der Waals surface area contributed by atoms with Crippen molar-refractivity contribution in [1.82, 2.24) is 16.0 Å². The third kappa shape index (κ3) is 4.55. The Morgan fingerprint density at radius 3 is 1.71 bits per heavy atom. The van der Waals surface area contributed by atoms with E-state index < -0.39 is 0 Å². The molecule has 1 aliphatic rings. The van der Waals surface area contributed by atoms with Crippen LogP contribution in [0.2, 0.25) is 0 Å². The van der Waals surface area contributed by atoms with Crippen LogP contribution in [-0.2, 0) is 0 Å². The lowest BCUT2D eigenvalue weighted by atomic mass is 9.96. The summed E-state index contributed by atoms with van der Waals surface area (Å²) >= 11 is 0. The van der Waals surface area contributed by atoms with Gasteiger partial charge in [0.25, 0.3) is 0 Å². The van der Waals surface area contributed by atoms with Crippen LogP contribution in [0.1, 0.15) is 35.2 Å². The number of nitrogens with one attached hydrogen (secondary N) is 3. The molecule has 0 radical (unpaired) electrons. The van der Waals surface area contributed by atoms with Gasteiger partial charge in [-0.05, 0) is 58.7 Å². The molecule has 6 heteroatoms. The van der Waals surface area contributed by atoms with Gasteiger partial charge in [-0.15, -0.1) is 0 Å². The second kappa shape index (κ2) is 11.2. The maximum atomic E-state index is 6.48. The van der Waals surface area contributed by atoms with Crippen molar-refractivity contribution in [3.63, 3.8) is 0 Å². The smallest absolute Gasteiger partial charge is 0.143 e. The summed E-state index contributed by atoms with van der Waals surface area (Å²) in [6, 6.07) is 52.7.